The standard InChI is InChI=1S/C22H49N3O2S/c1-11-24(17-21(6,7)26)20(5)15-27-22(8,9)16-23-19(4)13-12-14-25(28-10)18(2)3/h18-20,23,26H,11-17H2,1-10H3. The van der Waals surface area contributed by atoms with Crippen LogP contribution in [0, 0.1) is 0 Å². The average Bonchev–Trinajstić information content (AvgIpc) is 2.58. The highest BCUT2D eigenvalue weighted by molar-refractivity contribution is 7.96. The third kappa shape index (κ3) is 13.4. The highest BCUT2D eigenvalue weighted by atomic mass is 32.2. The van der Waals surface area contributed by atoms with Crippen molar-refractivity contribution in [2.24, 2.45) is 0 Å². The summed E-state index contributed by atoms with van der Waals surface area (Å²) >= 11 is 1.84. The minimum absolute atomic E-state index is 0.208. The first-order valence-corrected chi connectivity index (χ1v) is 12.1. The highest BCUT2D eigenvalue weighted by Gasteiger charge is 2.25. The Morgan fingerprint density at radius 3 is 2.18 bits per heavy atom. The molecule has 0 aromatic carbocycles. The number of nitrogens with one attached hydrogen (secondary N) is 1. The zero-order valence-electron chi connectivity index (χ0n) is 20.3. The lowest BCUT2D eigenvalue weighted by Crippen LogP contribution is -2.47. The van der Waals surface area contributed by atoms with E-state index in [1.54, 1.807) is 0 Å². The van der Waals surface area contributed by atoms with Gasteiger partial charge in [0.05, 0.1) is 17.8 Å². The third-order valence-electron chi connectivity index (χ3n) is 5.04. The van der Waals surface area contributed by atoms with Gasteiger partial charge >= 0.3 is 0 Å². The summed E-state index contributed by atoms with van der Waals surface area (Å²) in [6, 6.07) is 1.35. The van der Waals surface area contributed by atoms with Crippen LogP contribution in [0.4, 0.5) is 0 Å². The second kappa shape index (κ2) is 13.5. The largest absolute Gasteiger partial charge is 0.389 e. The molecule has 0 aromatic heterocycles. The molecule has 2 N–H and O–H groups in total. The van der Waals surface area contributed by atoms with Crippen LogP contribution in [0.25, 0.3) is 0 Å². The van der Waals surface area contributed by atoms with Gasteiger partial charge in [0.2, 0.25) is 0 Å². The molecule has 0 saturated carbocycles. The maximum absolute atomic E-state index is 10.1. The summed E-state index contributed by atoms with van der Waals surface area (Å²) < 4.78 is 8.67. The van der Waals surface area contributed by atoms with Crippen LogP contribution in [0.3, 0.4) is 0 Å². The van der Waals surface area contributed by atoms with E-state index in [1.807, 2.05) is 25.8 Å². The fraction of sp³-hybridized carbons (Fsp3) is 1.00. The fourth-order valence-electron chi connectivity index (χ4n) is 3.21. The molecule has 170 valence electrons. The lowest BCUT2D eigenvalue weighted by molar-refractivity contribution is -0.0540. The van der Waals surface area contributed by atoms with Gasteiger partial charge in [0.1, 0.15) is 0 Å². The van der Waals surface area contributed by atoms with Crippen molar-refractivity contribution >= 4 is 11.9 Å². The molecule has 0 bridgehead atoms. The summed E-state index contributed by atoms with van der Waals surface area (Å²) in [5.41, 5.74) is -0.891. The zero-order valence-corrected chi connectivity index (χ0v) is 21.2. The van der Waals surface area contributed by atoms with Crippen LogP contribution in [-0.2, 0) is 4.74 Å². The van der Waals surface area contributed by atoms with Gasteiger partial charge in [-0.3, -0.25) is 4.90 Å². The van der Waals surface area contributed by atoms with Crippen LogP contribution in [0.2, 0.25) is 0 Å². The average molecular weight is 420 g/mol. The summed E-state index contributed by atoms with van der Waals surface area (Å²) in [5, 5.41) is 13.7. The molecule has 0 radical (unpaired) electrons. The molecule has 0 rings (SSSR count). The number of nitrogens with zero attached hydrogens (tertiary/aromatic N) is 2. The van der Waals surface area contributed by atoms with E-state index in [0.29, 0.717) is 25.2 Å². The molecule has 0 aromatic rings. The van der Waals surface area contributed by atoms with E-state index in [2.05, 4.69) is 69.2 Å². The smallest absolute Gasteiger partial charge is 0.0751 e. The SMILES string of the molecule is CCN(CC(C)(C)O)C(C)COC(C)(C)CNC(C)CCCN(SC)C(C)C. The van der Waals surface area contributed by atoms with E-state index < -0.39 is 5.60 Å². The number of hydrogen-bond acceptors (Lipinski definition) is 6. The van der Waals surface area contributed by atoms with Crippen LogP contribution < -0.4 is 5.32 Å². The van der Waals surface area contributed by atoms with Crippen molar-refractivity contribution in [3.8, 4) is 0 Å². The minimum atomic E-state index is -0.682. The van der Waals surface area contributed by atoms with Gasteiger partial charge in [-0.25, -0.2) is 4.31 Å². The summed E-state index contributed by atoms with van der Waals surface area (Å²) in [7, 11) is 0. The number of likely N-dealkylation sites (N-methyl/N-ethyl adjacent to an activating group) is 1. The first-order valence-electron chi connectivity index (χ1n) is 11.0. The lowest BCUT2D eigenvalue weighted by Gasteiger charge is -2.35. The second-order valence-electron chi connectivity index (χ2n) is 9.64. The van der Waals surface area contributed by atoms with E-state index in [0.717, 1.165) is 19.6 Å². The van der Waals surface area contributed by atoms with Crippen LogP contribution in [0.15, 0.2) is 0 Å². The van der Waals surface area contributed by atoms with Gasteiger partial charge < -0.3 is 15.2 Å². The van der Waals surface area contributed by atoms with E-state index in [4.69, 9.17) is 4.74 Å². The quantitative estimate of drug-likeness (QED) is 0.369. The topological polar surface area (TPSA) is 48.0 Å². The minimum Gasteiger partial charge on any atom is -0.389 e. The summed E-state index contributed by atoms with van der Waals surface area (Å²) in [6.07, 6.45) is 4.53. The Bertz CT molecular complexity index is 400. The van der Waals surface area contributed by atoms with Crippen LogP contribution in [0.5, 0.6) is 0 Å². The van der Waals surface area contributed by atoms with Crippen molar-refractivity contribution < 1.29 is 9.84 Å². The monoisotopic (exact) mass is 419 g/mol. The zero-order chi connectivity index (χ0) is 22.0. The van der Waals surface area contributed by atoms with Gasteiger partial charge in [0.25, 0.3) is 0 Å². The van der Waals surface area contributed by atoms with Gasteiger partial charge in [-0.05, 0) is 81.0 Å². The van der Waals surface area contributed by atoms with E-state index in [-0.39, 0.29) is 11.6 Å². The second-order valence-corrected chi connectivity index (χ2v) is 10.5. The van der Waals surface area contributed by atoms with E-state index in [9.17, 15) is 5.11 Å². The summed E-state index contributed by atoms with van der Waals surface area (Å²) in [5.74, 6) is 0. The third-order valence-corrected chi connectivity index (χ3v) is 6.11. The summed E-state index contributed by atoms with van der Waals surface area (Å²) in [6.45, 7) is 23.3. The maximum Gasteiger partial charge on any atom is 0.0751 e. The molecule has 0 amide bonds. The first kappa shape index (κ1) is 28.1. The molecular weight excluding hydrogens is 370 g/mol. The molecule has 0 aliphatic carbocycles. The van der Waals surface area contributed by atoms with Gasteiger partial charge in [-0.15, -0.1) is 0 Å². The van der Waals surface area contributed by atoms with Crippen LogP contribution in [0.1, 0.15) is 75.2 Å². The highest BCUT2D eigenvalue weighted by Crippen LogP contribution is 2.15. The van der Waals surface area contributed by atoms with Crippen molar-refractivity contribution in [3.05, 3.63) is 0 Å². The van der Waals surface area contributed by atoms with Crippen molar-refractivity contribution in [1.29, 1.82) is 0 Å². The Morgan fingerprint density at radius 1 is 1.11 bits per heavy atom. The molecule has 5 nitrogen and oxygen atoms in total. The van der Waals surface area contributed by atoms with Crippen molar-refractivity contribution in [1.82, 2.24) is 14.5 Å². The lowest BCUT2D eigenvalue weighted by atomic mass is 10.1. The molecule has 0 heterocycles. The predicted octanol–water partition coefficient (Wildman–Crippen LogP) is 4.01. The molecule has 0 spiro atoms. The number of rotatable bonds is 16. The number of hydrogen-bond donors (Lipinski definition) is 2. The van der Waals surface area contributed by atoms with Crippen molar-refractivity contribution in [3.63, 3.8) is 0 Å². The molecule has 0 saturated heterocycles. The molecule has 0 aliphatic rings. The Hall–Kier alpha value is 0.150. The first-order chi connectivity index (χ1) is 12.8. The Morgan fingerprint density at radius 2 is 1.71 bits per heavy atom. The maximum atomic E-state index is 10.1. The molecule has 28 heavy (non-hydrogen) atoms. The molecular formula is C22H49N3O2S. The normalized spacial score (nSPS) is 15.6. The molecule has 6 heteroatoms. The van der Waals surface area contributed by atoms with E-state index in [1.165, 1.54) is 12.8 Å². The van der Waals surface area contributed by atoms with Crippen LogP contribution in [-0.4, -0.2) is 82.7 Å². The van der Waals surface area contributed by atoms with Crippen LogP contribution >= 0.6 is 11.9 Å². The van der Waals surface area contributed by atoms with Gasteiger partial charge in [-0.2, -0.15) is 0 Å². The Kier molecular flexibility index (Phi) is 13.5. The van der Waals surface area contributed by atoms with Gasteiger partial charge in [-0.1, -0.05) is 18.9 Å². The number of ether oxygens (including phenoxy) is 1. The Labute approximate surface area is 180 Å². The Balaban J connectivity index is 4.24. The molecule has 0 fully saturated rings. The van der Waals surface area contributed by atoms with Crippen molar-refractivity contribution in [2.45, 2.75) is 104 Å². The van der Waals surface area contributed by atoms with E-state index >= 15 is 0 Å². The summed E-state index contributed by atoms with van der Waals surface area (Å²) in [4.78, 5) is 2.28. The van der Waals surface area contributed by atoms with Crippen molar-refractivity contribution in [2.75, 3.05) is 39.0 Å². The molecule has 2 unspecified atom stereocenters. The number of aliphatic hydroxyl groups is 1. The van der Waals surface area contributed by atoms with Gasteiger partial charge in [0, 0.05) is 37.8 Å². The fourth-order valence-corrected chi connectivity index (χ4v) is 3.95. The molecule has 2 atom stereocenters. The molecule has 0 aliphatic heterocycles. The predicted molar refractivity (Wildman–Crippen MR) is 125 cm³/mol. The van der Waals surface area contributed by atoms with Gasteiger partial charge in [0.15, 0.2) is 0 Å².